The summed E-state index contributed by atoms with van der Waals surface area (Å²) in [5, 5.41) is 8.29. The van der Waals surface area contributed by atoms with E-state index in [4.69, 9.17) is 4.74 Å². The number of nitrogens with one attached hydrogen (secondary N) is 1. The van der Waals surface area contributed by atoms with Gasteiger partial charge in [0.1, 0.15) is 10.7 Å². The Balaban J connectivity index is 2.46. The topological polar surface area (TPSA) is 47.0 Å². The van der Waals surface area contributed by atoms with E-state index >= 15 is 0 Å². The predicted molar refractivity (Wildman–Crippen MR) is 63.2 cm³/mol. The first-order chi connectivity index (χ1) is 7.15. The first-order valence-electron chi connectivity index (χ1n) is 5.31. The zero-order valence-electron chi connectivity index (χ0n) is 9.78. The van der Waals surface area contributed by atoms with Crippen LogP contribution < -0.4 is 5.32 Å². The molecule has 1 N–H and O–H groups in total. The molecular weight excluding hydrogens is 210 g/mol. The third kappa shape index (κ3) is 3.76. The highest BCUT2D eigenvalue weighted by Gasteiger charge is 2.11. The van der Waals surface area contributed by atoms with Gasteiger partial charge in [0.05, 0.1) is 12.7 Å². The molecule has 1 aromatic heterocycles. The molecule has 0 aromatic carbocycles. The third-order valence-electron chi connectivity index (χ3n) is 2.31. The fourth-order valence-electron chi connectivity index (χ4n) is 1.00. The summed E-state index contributed by atoms with van der Waals surface area (Å²) in [5.41, 5.74) is 0.911. The first-order valence-corrected chi connectivity index (χ1v) is 6.09. The van der Waals surface area contributed by atoms with Gasteiger partial charge in [-0.3, -0.25) is 0 Å². The van der Waals surface area contributed by atoms with Crippen molar-refractivity contribution >= 4 is 16.5 Å². The lowest BCUT2D eigenvalue weighted by atomic mass is 10.1. The van der Waals surface area contributed by atoms with Crippen molar-refractivity contribution in [3.05, 3.63) is 5.69 Å². The second-order valence-corrected chi connectivity index (χ2v) is 4.59. The quantitative estimate of drug-likeness (QED) is 0.814. The van der Waals surface area contributed by atoms with E-state index in [0.717, 1.165) is 17.2 Å². The molecule has 0 aliphatic carbocycles. The Hall–Kier alpha value is -0.680. The van der Waals surface area contributed by atoms with Gasteiger partial charge in [-0.05, 0) is 19.8 Å². The molecule has 5 heteroatoms. The lowest BCUT2D eigenvalue weighted by Gasteiger charge is -2.15. The Kier molecular flexibility index (Phi) is 4.98. The molecule has 0 radical (unpaired) electrons. The van der Waals surface area contributed by atoms with E-state index in [1.54, 1.807) is 0 Å². The fraction of sp³-hybridized carbons (Fsp3) is 0.800. The summed E-state index contributed by atoms with van der Waals surface area (Å²) in [4.78, 5) is 0. The normalized spacial score (nSPS) is 13.1. The monoisotopic (exact) mass is 229 g/mol. The zero-order valence-corrected chi connectivity index (χ0v) is 10.6. The van der Waals surface area contributed by atoms with Gasteiger partial charge in [0, 0.05) is 18.1 Å². The Morgan fingerprint density at radius 2 is 2.13 bits per heavy atom. The number of hydrogen-bond acceptors (Lipinski definition) is 5. The van der Waals surface area contributed by atoms with Crippen molar-refractivity contribution in [2.24, 2.45) is 5.92 Å². The minimum absolute atomic E-state index is 0.251. The number of anilines is 1. The van der Waals surface area contributed by atoms with Crippen LogP contribution in [0.25, 0.3) is 0 Å². The molecule has 0 bridgehead atoms. The van der Waals surface area contributed by atoms with Crippen LogP contribution in [0.2, 0.25) is 0 Å². The number of aromatic nitrogens is 2. The van der Waals surface area contributed by atoms with Gasteiger partial charge >= 0.3 is 0 Å². The van der Waals surface area contributed by atoms with Crippen LogP contribution in [0.5, 0.6) is 0 Å². The molecule has 1 unspecified atom stereocenters. The maximum Gasteiger partial charge on any atom is 0.135 e. The Labute approximate surface area is 95.2 Å². The van der Waals surface area contributed by atoms with E-state index < -0.39 is 0 Å². The van der Waals surface area contributed by atoms with Crippen molar-refractivity contribution < 1.29 is 4.74 Å². The third-order valence-corrected chi connectivity index (χ3v) is 3.04. The predicted octanol–water partition coefficient (Wildman–Crippen LogP) is 2.53. The van der Waals surface area contributed by atoms with Gasteiger partial charge in [-0.25, -0.2) is 0 Å². The summed E-state index contributed by atoms with van der Waals surface area (Å²) in [5.74, 6) is 0.527. The molecule has 0 aliphatic heterocycles. The minimum atomic E-state index is 0.251. The zero-order chi connectivity index (χ0) is 11.3. The van der Waals surface area contributed by atoms with Crippen molar-refractivity contribution in [2.45, 2.75) is 40.4 Å². The maximum atomic E-state index is 5.70. The number of nitrogens with zero attached hydrogens (tertiary/aromatic N) is 2. The molecule has 15 heavy (non-hydrogen) atoms. The second-order valence-electron chi connectivity index (χ2n) is 3.84. The molecule has 1 atom stereocenters. The molecule has 0 amide bonds. The van der Waals surface area contributed by atoms with Gasteiger partial charge in [0.15, 0.2) is 0 Å². The summed E-state index contributed by atoms with van der Waals surface area (Å²) in [6.07, 6.45) is 0.251. The van der Waals surface area contributed by atoms with E-state index in [2.05, 4.69) is 42.6 Å². The van der Waals surface area contributed by atoms with Crippen molar-refractivity contribution in [1.82, 2.24) is 9.59 Å². The van der Waals surface area contributed by atoms with Crippen molar-refractivity contribution in [3.8, 4) is 0 Å². The van der Waals surface area contributed by atoms with Crippen molar-refractivity contribution in [1.29, 1.82) is 0 Å². The highest BCUT2D eigenvalue weighted by atomic mass is 32.1. The summed E-state index contributed by atoms with van der Waals surface area (Å²) in [7, 11) is 0. The van der Waals surface area contributed by atoms with E-state index in [1.165, 1.54) is 11.5 Å². The maximum absolute atomic E-state index is 5.70. The Morgan fingerprint density at radius 1 is 1.40 bits per heavy atom. The molecule has 0 saturated heterocycles. The molecule has 4 nitrogen and oxygen atoms in total. The van der Waals surface area contributed by atoms with Crippen LogP contribution >= 0.6 is 11.5 Å². The summed E-state index contributed by atoms with van der Waals surface area (Å²) in [6.45, 7) is 9.86. The highest BCUT2D eigenvalue weighted by molar-refractivity contribution is 7.10. The van der Waals surface area contributed by atoms with Crippen LogP contribution in [0.4, 0.5) is 5.00 Å². The summed E-state index contributed by atoms with van der Waals surface area (Å²) in [6, 6.07) is 0. The van der Waals surface area contributed by atoms with Gasteiger partial charge in [0.2, 0.25) is 0 Å². The van der Waals surface area contributed by atoms with Gasteiger partial charge in [-0.2, -0.15) is 0 Å². The largest absolute Gasteiger partial charge is 0.374 e. The molecule has 0 saturated carbocycles. The molecule has 0 aliphatic rings. The average molecular weight is 229 g/mol. The number of rotatable bonds is 6. The SMILES string of the molecule is CCNc1snnc1COC(C)C(C)C. The van der Waals surface area contributed by atoms with Gasteiger partial charge in [-0.1, -0.05) is 18.3 Å². The van der Waals surface area contributed by atoms with Gasteiger partial charge in [0.25, 0.3) is 0 Å². The molecular formula is C10H19N3OS. The average Bonchev–Trinajstić information content (AvgIpc) is 2.62. The van der Waals surface area contributed by atoms with E-state index in [0.29, 0.717) is 12.5 Å². The Bertz CT molecular complexity index is 288. The number of hydrogen-bond donors (Lipinski definition) is 1. The van der Waals surface area contributed by atoms with Gasteiger partial charge < -0.3 is 10.1 Å². The van der Waals surface area contributed by atoms with E-state index in [-0.39, 0.29) is 6.10 Å². The molecule has 1 heterocycles. The van der Waals surface area contributed by atoms with Crippen LogP contribution in [-0.2, 0) is 11.3 Å². The smallest absolute Gasteiger partial charge is 0.135 e. The molecule has 1 aromatic rings. The van der Waals surface area contributed by atoms with E-state index in [9.17, 15) is 0 Å². The summed E-state index contributed by atoms with van der Waals surface area (Å²) < 4.78 is 9.61. The van der Waals surface area contributed by atoms with E-state index in [1.807, 2.05) is 0 Å². The lowest BCUT2D eigenvalue weighted by Crippen LogP contribution is -2.15. The lowest BCUT2D eigenvalue weighted by molar-refractivity contribution is 0.0221. The van der Waals surface area contributed by atoms with Crippen LogP contribution in [0.15, 0.2) is 0 Å². The first kappa shape index (κ1) is 12.4. The highest BCUT2D eigenvalue weighted by Crippen LogP contribution is 2.19. The van der Waals surface area contributed by atoms with Crippen LogP contribution in [0.3, 0.4) is 0 Å². The minimum Gasteiger partial charge on any atom is -0.374 e. The molecule has 0 fully saturated rings. The fourth-order valence-corrected chi connectivity index (χ4v) is 1.64. The standard InChI is InChI=1S/C10H19N3OS/c1-5-11-10-9(12-13-15-10)6-14-8(4)7(2)3/h7-8,11H,5-6H2,1-4H3. The van der Waals surface area contributed by atoms with Gasteiger partial charge in [-0.15, -0.1) is 5.10 Å². The molecule has 1 rings (SSSR count). The van der Waals surface area contributed by atoms with Crippen LogP contribution in [-0.4, -0.2) is 22.2 Å². The van der Waals surface area contributed by atoms with Crippen LogP contribution in [0.1, 0.15) is 33.4 Å². The Morgan fingerprint density at radius 3 is 2.73 bits per heavy atom. The number of ether oxygens (including phenoxy) is 1. The van der Waals surface area contributed by atoms with Crippen molar-refractivity contribution in [2.75, 3.05) is 11.9 Å². The second kappa shape index (κ2) is 6.02. The summed E-state index contributed by atoms with van der Waals surface area (Å²) >= 11 is 1.38. The molecule has 0 spiro atoms. The van der Waals surface area contributed by atoms with Crippen LogP contribution in [0, 0.1) is 5.92 Å². The molecule has 86 valence electrons. The van der Waals surface area contributed by atoms with Crippen molar-refractivity contribution in [3.63, 3.8) is 0 Å².